The van der Waals surface area contributed by atoms with E-state index in [0.29, 0.717) is 15.1 Å². The number of ether oxygens (including phenoxy) is 1. The quantitative estimate of drug-likeness (QED) is 0.675. The molecule has 0 unspecified atom stereocenters. The van der Waals surface area contributed by atoms with Gasteiger partial charge in [0.05, 0.1) is 28.3 Å². The van der Waals surface area contributed by atoms with Crippen LogP contribution in [-0.2, 0) is 11.2 Å². The van der Waals surface area contributed by atoms with E-state index in [1.54, 1.807) is 12.1 Å². The van der Waals surface area contributed by atoms with Gasteiger partial charge in [0.15, 0.2) is 0 Å². The highest BCUT2D eigenvalue weighted by molar-refractivity contribution is 6.44. The smallest absolute Gasteiger partial charge is 0.135 e. The van der Waals surface area contributed by atoms with Crippen molar-refractivity contribution in [1.82, 2.24) is 4.90 Å². The predicted octanol–water partition coefficient (Wildman–Crippen LogP) is 5.17. The van der Waals surface area contributed by atoms with Gasteiger partial charge in [0.25, 0.3) is 0 Å². The van der Waals surface area contributed by atoms with Crippen molar-refractivity contribution in [3.63, 3.8) is 0 Å². The van der Waals surface area contributed by atoms with Crippen LogP contribution in [-0.4, -0.2) is 37.7 Å². The van der Waals surface area contributed by atoms with E-state index in [2.05, 4.69) is 4.90 Å². The number of halogens is 3. The van der Waals surface area contributed by atoms with Gasteiger partial charge < -0.3 is 9.15 Å². The monoisotopic (exact) mass is 373 g/mol. The number of hydrogen-bond acceptors (Lipinski definition) is 3. The summed E-state index contributed by atoms with van der Waals surface area (Å²) in [5.41, 5.74) is 0.764. The molecule has 1 saturated heterocycles. The van der Waals surface area contributed by atoms with E-state index in [0.717, 1.165) is 62.8 Å². The van der Waals surface area contributed by atoms with Gasteiger partial charge in [-0.2, -0.15) is 0 Å². The fraction of sp³-hybridized carbons (Fsp3) is 0.412. The van der Waals surface area contributed by atoms with Crippen LogP contribution in [0.15, 0.2) is 28.7 Å². The maximum atomic E-state index is 6.23. The number of furan rings is 1. The molecule has 0 saturated carbocycles. The average molecular weight is 375 g/mol. The van der Waals surface area contributed by atoms with Gasteiger partial charge in [0.2, 0.25) is 0 Å². The van der Waals surface area contributed by atoms with E-state index in [9.17, 15) is 0 Å². The molecule has 3 rings (SSSR count). The van der Waals surface area contributed by atoms with Gasteiger partial charge in [0, 0.05) is 25.1 Å². The Morgan fingerprint density at radius 3 is 2.48 bits per heavy atom. The Bertz CT molecular complexity index is 666. The first-order chi connectivity index (χ1) is 11.1. The Hall–Kier alpha value is -0.710. The Labute approximate surface area is 151 Å². The maximum Gasteiger partial charge on any atom is 0.135 e. The van der Waals surface area contributed by atoms with Crippen LogP contribution < -0.4 is 0 Å². The second-order valence-corrected chi connectivity index (χ2v) is 6.79. The van der Waals surface area contributed by atoms with Crippen LogP contribution in [0.1, 0.15) is 12.2 Å². The van der Waals surface area contributed by atoms with E-state index in [1.807, 2.05) is 12.1 Å². The molecule has 1 aliphatic heterocycles. The average Bonchev–Trinajstić information content (AvgIpc) is 3.00. The Balaban J connectivity index is 1.60. The molecular weight excluding hydrogens is 357 g/mol. The summed E-state index contributed by atoms with van der Waals surface area (Å²) in [5.74, 6) is 1.67. The van der Waals surface area contributed by atoms with Crippen molar-refractivity contribution in [2.75, 3.05) is 32.8 Å². The minimum atomic E-state index is 0.442. The predicted molar refractivity (Wildman–Crippen MR) is 94.8 cm³/mol. The van der Waals surface area contributed by atoms with Gasteiger partial charge in [-0.3, -0.25) is 4.90 Å². The molecule has 23 heavy (non-hydrogen) atoms. The molecule has 0 amide bonds. The number of aryl methyl sites for hydroxylation is 1. The first-order valence-electron chi connectivity index (χ1n) is 7.67. The summed E-state index contributed by atoms with van der Waals surface area (Å²) in [5, 5.41) is 1.45. The lowest BCUT2D eigenvalue weighted by Crippen LogP contribution is -2.36. The van der Waals surface area contributed by atoms with Crippen molar-refractivity contribution in [2.45, 2.75) is 12.8 Å². The number of benzene rings is 1. The molecular formula is C17H18Cl3NO2. The first kappa shape index (κ1) is 17.1. The summed E-state index contributed by atoms with van der Waals surface area (Å²) in [6, 6.07) is 7.30. The SMILES string of the molecule is Clc1cc(Cl)c(-c2ccc(CCCN3CCOCC3)o2)cc1Cl. The van der Waals surface area contributed by atoms with Crippen molar-refractivity contribution < 1.29 is 9.15 Å². The maximum absolute atomic E-state index is 6.23. The number of hydrogen-bond donors (Lipinski definition) is 0. The third kappa shape index (κ3) is 4.43. The highest BCUT2D eigenvalue weighted by Gasteiger charge is 2.13. The minimum Gasteiger partial charge on any atom is -0.461 e. The zero-order valence-electron chi connectivity index (χ0n) is 12.7. The van der Waals surface area contributed by atoms with Gasteiger partial charge in [-0.15, -0.1) is 0 Å². The van der Waals surface area contributed by atoms with Gasteiger partial charge in [-0.05, 0) is 37.2 Å². The molecule has 0 radical (unpaired) electrons. The lowest BCUT2D eigenvalue weighted by atomic mass is 10.2. The van der Waals surface area contributed by atoms with Gasteiger partial charge in [-0.25, -0.2) is 0 Å². The fourth-order valence-corrected chi connectivity index (χ4v) is 3.31. The van der Waals surface area contributed by atoms with Crippen LogP contribution in [0, 0.1) is 0 Å². The molecule has 1 aromatic carbocycles. The van der Waals surface area contributed by atoms with E-state index in [1.165, 1.54) is 0 Å². The molecule has 0 aliphatic carbocycles. The number of rotatable bonds is 5. The Morgan fingerprint density at radius 1 is 0.957 bits per heavy atom. The summed E-state index contributed by atoms with van der Waals surface area (Å²) < 4.78 is 11.3. The molecule has 0 bridgehead atoms. The molecule has 2 heterocycles. The number of morpholine rings is 1. The number of nitrogens with zero attached hydrogens (tertiary/aromatic N) is 1. The first-order valence-corrected chi connectivity index (χ1v) is 8.80. The fourth-order valence-electron chi connectivity index (χ4n) is 2.67. The molecule has 1 aromatic heterocycles. The summed E-state index contributed by atoms with van der Waals surface area (Å²) in [7, 11) is 0. The van der Waals surface area contributed by atoms with Gasteiger partial charge >= 0.3 is 0 Å². The molecule has 0 atom stereocenters. The highest BCUT2D eigenvalue weighted by atomic mass is 35.5. The molecule has 0 spiro atoms. The van der Waals surface area contributed by atoms with Crippen LogP contribution in [0.4, 0.5) is 0 Å². The second kappa shape index (κ2) is 7.91. The standard InChI is InChI=1S/C17H18Cl3NO2/c18-14-11-16(20)15(19)10-13(14)17-4-3-12(23-17)2-1-5-21-6-8-22-9-7-21/h3-4,10-11H,1-2,5-9H2. The van der Waals surface area contributed by atoms with Crippen LogP contribution >= 0.6 is 34.8 Å². The van der Waals surface area contributed by atoms with E-state index in [4.69, 9.17) is 44.0 Å². The summed E-state index contributed by atoms with van der Waals surface area (Å²) in [4.78, 5) is 2.42. The lowest BCUT2D eigenvalue weighted by molar-refractivity contribution is 0.0373. The van der Waals surface area contributed by atoms with Crippen LogP contribution in [0.25, 0.3) is 11.3 Å². The third-order valence-corrected chi connectivity index (χ3v) is 4.97. The van der Waals surface area contributed by atoms with Gasteiger partial charge in [0.1, 0.15) is 11.5 Å². The van der Waals surface area contributed by atoms with Gasteiger partial charge in [-0.1, -0.05) is 34.8 Å². The lowest BCUT2D eigenvalue weighted by Gasteiger charge is -2.26. The second-order valence-electron chi connectivity index (χ2n) is 5.57. The van der Waals surface area contributed by atoms with Crippen molar-refractivity contribution >= 4 is 34.8 Å². The van der Waals surface area contributed by atoms with E-state index in [-0.39, 0.29) is 0 Å². The summed E-state index contributed by atoms with van der Waals surface area (Å²) >= 11 is 18.3. The van der Waals surface area contributed by atoms with Crippen molar-refractivity contribution in [3.8, 4) is 11.3 Å². The minimum absolute atomic E-state index is 0.442. The topological polar surface area (TPSA) is 25.6 Å². The van der Waals surface area contributed by atoms with Crippen LogP contribution in [0.3, 0.4) is 0 Å². The van der Waals surface area contributed by atoms with Crippen LogP contribution in [0.5, 0.6) is 0 Å². The van der Waals surface area contributed by atoms with Crippen molar-refractivity contribution in [3.05, 3.63) is 45.1 Å². The Morgan fingerprint density at radius 2 is 1.70 bits per heavy atom. The van der Waals surface area contributed by atoms with E-state index >= 15 is 0 Å². The molecule has 1 aliphatic rings. The molecule has 124 valence electrons. The molecule has 2 aromatic rings. The molecule has 3 nitrogen and oxygen atoms in total. The summed E-state index contributed by atoms with van der Waals surface area (Å²) in [6.07, 6.45) is 1.96. The van der Waals surface area contributed by atoms with Crippen molar-refractivity contribution in [1.29, 1.82) is 0 Å². The summed E-state index contributed by atoms with van der Waals surface area (Å²) in [6.45, 7) is 4.76. The molecule has 1 fully saturated rings. The third-order valence-electron chi connectivity index (χ3n) is 3.94. The largest absolute Gasteiger partial charge is 0.461 e. The molecule has 0 N–H and O–H groups in total. The molecule has 6 heteroatoms. The zero-order chi connectivity index (χ0) is 16.2. The Kier molecular flexibility index (Phi) is 5.89. The highest BCUT2D eigenvalue weighted by Crippen LogP contribution is 2.36. The van der Waals surface area contributed by atoms with Crippen LogP contribution in [0.2, 0.25) is 15.1 Å². The normalized spacial score (nSPS) is 16.0. The zero-order valence-corrected chi connectivity index (χ0v) is 14.9. The van der Waals surface area contributed by atoms with E-state index < -0.39 is 0 Å². The van der Waals surface area contributed by atoms with Crippen molar-refractivity contribution in [2.24, 2.45) is 0 Å².